The maximum atomic E-state index is 10.4. The Morgan fingerprint density at radius 2 is 2.33 bits per heavy atom. The third-order valence-electron chi connectivity index (χ3n) is 1.18. The van der Waals surface area contributed by atoms with Crippen molar-refractivity contribution in [3.05, 3.63) is 11.8 Å². The van der Waals surface area contributed by atoms with Gasteiger partial charge in [-0.25, -0.2) is 4.79 Å². The van der Waals surface area contributed by atoms with Gasteiger partial charge in [0.2, 0.25) is 17.6 Å². The van der Waals surface area contributed by atoms with E-state index in [1.54, 1.807) is 0 Å². The Morgan fingerprint density at radius 3 is 2.75 bits per heavy atom. The molecule has 1 rings (SSSR count). The zero-order chi connectivity index (χ0) is 9.14. The monoisotopic (exact) mass is 169 g/mol. The minimum Gasteiger partial charge on any atom is -0.475 e. The first-order chi connectivity index (χ1) is 5.59. The van der Waals surface area contributed by atoms with E-state index in [1.807, 2.05) is 0 Å². The molecule has 1 amide bonds. The van der Waals surface area contributed by atoms with Crippen LogP contribution in [0.15, 0.2) is 16.8 Å². The number of carbonyl (C=O) groups is 2. The summed E-state index contributed by atoms with van der Waals surface area (Å²) in [4.78, 5) is 24.2. The summed E-state index contributed by atoms with van der Waals surface area (Å²) < 4.78 is 4.72. The van der Waals surface area contributed by atoms with Crippen molar-refractivity contribution in [3.63, 3.8) is 0 Å². The van der Waals surface area contributed by atoms with Crippen LogP contribution in [0.25, 0.3) is 0 Å². The summed E-state index contributed by atoms with van der Waals surface area (Å²) in [5.41, 5.74) is 0. The second kappa shape index (κ2) is 3.17. The lowest BCUT2D eigenvalue weighted by molar-refractivity contribution is -0.135. The summed E-state index contributed by atoms with van der Waals surface area (Å²) in [6.07, 6.45) is 1.63. The van der Waals surface area contributed by atoms with Gasteiger partial charge in [-0.1, -0.05) is 0 Å². The normalized spacial score (nSPS) is 18.8. The van der Waals surface area contributed by atoms with Crippen molar-refractivity contribution in [1.82, 2.24) is 0 Å². The zero-order valence-corrected chi connectivity index (χ0v) is 6.40. The Hall–Kier alpha value is -1.65. The van der Waals surface area contributed by atoms with Gasteiger partial charge in [-0.3, -0.25) is 4.79 Å². The van der Waals surface area contributed by atoms with Gasteiger partial charge in [0.05, 0.1) is 0 Å². The molecule has 0 fully saturated rings. The van der Waals surface area contributed by atoms with Gasteiger partial charge >= 0.3 is 5.97 Å². The van der Waals surface area contributed by atoms with Crippen molar-refractivity contribution in [3.8, 4) is 0 Å². The van der Waals surface area contributed by atoms with Crippen LogP contribution in [0.2, 0.25) is 0 Å². The lowest BCUT2D eigenvalue weighted by Crippen LogP contribution is -2.05. The molecule has 12 heavy (non-hydrogen) atoms. The van der Waals surface area contributed by atoms with Crippen molar-refractivity contribution in [2.75, 3.05) is 0 Å². The average Bonchev–Trinajstić information content (AvgIpc) is 2.34. The van der Waals surface area contributed by atoms with E-state index in [9.17, 15) is 9.59 Å². The molecule has 0 atom stereocenters. The highest BCUT2D eigenvalue weighted by Crippen LogP contribution is 2.12. The van der Waals surface area contributed by atoms with E-state index >= 15 is 0 Å². The third kappa shape index (κ3) is 1.91. The highest BCUT2D eigenvalue weighted by molar-refractivity contribution is 5.97. The summed E-state index contributed by atoms with van der Waals surface area (Å²) in [7, 11) is 0. The molecule has 1 N–H and O–H groups in total. The van der Waals surface area contributed by atoms with Crippen molar-refractivity contribution >= 4 is 17.8 Å². The lowest BCUT2D eigenvalue weighted by Gasteiger charge is -1.96. The Balaban J connectivity index is 2.64. The first-order valence-electron chi connectivity index (χ1n) is 3.29. The molecule has 0 radical (unpaired) electrons. The van der Waals surface area contributed by atoms with Crippen molar-refractivity contribution < 1.29 is 19.4 Å². The molecule has 5 nitrogen and oxygen atoms in total. The highest BCUT2D eigenvalue weighted by atomic mass is 16.5. The van der Waals surface area contributed by atoms with Gasteiger partial charge in [0, 0.05) is 13.3 Å². The van der Waals surface area contributed by atoms with E-state index in [4.69, 9.17) is 9.84 Å². The molecule has 1 aliphatic rings. The minimum absolute atomic E-state index is 0.139. The summed E-state index contributed by atoms with van der Waals surface area (Å²) in [6, 6.07) is 0. The largest absolute Gasteiger partial charge is 0.475 e. The predicted molar refractivity (Wildman–Crippen MR) is 39.5 cm³/mol. The minimum atomic E-state index is -1.15. The number of ether oxygens (including phenoxy) is 1. The number of amides is 1. The number of hydrogen-bond donors (Lipinski definition) is 1. The number of aliphatic imine (C=N–C) groups is 1. The number of carboxylic acid groups (broad SMARTS) is 1. The van der Waals surface area contributed by atoms with Gasteiger partial charge in [0.1, 0.15) is 0 Å². The first-order valence-corrected chi connectivity index (χ1v) is 3.29. The molecular formula is C7H7NO4. The smallest absolute Gasteiger partial charge is 0.371 e. The van der Waals surface area contributed by atoms with Gasteiger partial charge in [0.15, 0.2) is 0 Å². The molecule has 0 aromatic carbocycles. The van der Waals surface area contributed by atoms with Crippen molar-refractivity contribution in [1.29, 1.82) is 0 Å². The molecule has 0 bridgehead atoms. The van der Waals surface area contributed by atoms with Crippen LogP contribution in [0.5, 0.6) is 0 Å². The molecule has 0 unspecified atom stereocenters. The SMILES string of the molecule is CC(=O)N=C1CC=C(C(=O)O)O1. The molecule has 0 spiro atoms. The molecule has 0 saturated heterocycles. The van der Waals surface area contributed by atoms with Crippen LogP contribution in [0.4, 0.5) is 0 Å². The number of rotatable bonds is 1. The molecule has 0 aliphatic carbocycles. The van der Waals surface area contributed by atoms with E-state index in [0.717, 1.165) is 0 Å². The van der Waals surface area contributed by atoms with Crippen LogP contribution in [0.3, 0.4) is 0 Å². The van der Waals surface area contributed by atoms with Crippen LogP contribution in [0.1, 0.15) is 13.3 Å². The summed E-state index contributed by atoms with van der Waals surface area (Å²) in [6.45, 7) is 1.27. The maximum Gasteiger partial charge on any atom is 0.371 e. The van der Waals surface area contributed by atoms with Gasteiger partial charge in [0.25, 0.3) is 0 Å². The van der Waals surface area contributed by atoms with Crippen LogP contribution in [0, 0.1) is 0 Å². The quantitative estimate of drug-likeness (QED) is 0.613. The fourth-order valence-corrected chi connectivity index (χ4v) is 0.765. The number of hydrogen-bond acceptors (Lipinski definition) is 3. The van der Waals surface area contributed by atoms with E-state index in [1.165, 1.54) is 13.0 Å². The molecule has 5 heteroatoms. The van der Waals surface area contributed by atoms with Crippen LogP contribution >= 0.6 is 0 Å². The Kier molecular flexibility index (Phi) is 2.23. The number of carbonyl (C=O) groups excluding carboxylic acids is 1. The fraction of sp³-hybridized carbons (Fsp3) is 0.286. The average molecular weight is 169 g/mol. The molecule has 64 valence electrons. The van der Waals surface area contributed by atoms with E-state index < -0.39 is 11.9 Å². The summed E-state index contributed by atoms with van der Waals surface area (Å²) in [5.74, 6) is -1.58. The number of carboxylic acids is 1. The maximum absolute atomic E-state index is 10.4. The lowest BCUT2D eigenvalue weighted by atomic mass is 10.4. The van der Waals surface area contributed by atoms with Crippen molar-refractivity contribution in [2.24, 2.45) is 4.99 Å². The molecule has 0 aromatic rings. The predicted octanol–water partition coefficient (Wildman–Crippen LogP) is 0.320. The summed E-state index contributed by atoms with van der Waals surface area (Å²) >= 11 is 0. The van der Waals surface area contributed by atoms with Crippen LogP contribution in [-0.2, 0) is 14.3 Å². The Morgan fingerprint density at radius 1 is 1.67 bits per heavy atom. The second-order valence-electron chi connectivity index (χ2n) is 2.20. The standard InChI is InChI=1S/C7H7NO4/c1-4(9)8-6-3-2-5(12-6)7(10)11/h2H,3H2,1H3,(H,10,11). The van der Waals surface area contributed by atoms with Crippen molar-refractivity contribution in [2.45, 2.75) is 13.3 Å². The van der Waals surface area contributed by atoms with Gasteiger partial charge < -0.3 is 9.84 Å². The van der Waals surface area contributed by atoms with Gasteiger partial charge in [-0.2, -0.15) is 4.99 Å². The molecule has 0 saturated carbocycles. The molecule has 1 heterocycles. The van der Waals surface area contributed by atoms with E-state index in [0.29, 0.717) is 0 Å². The molecule has 1 aliphatic heterocycles. The van der Waals surface area contributed by atoms with Crippen LogP contribution < -0.4 is 0 Å². The van der Waals surface area contributed by atoms with E-state index in [-0.39, 0.29) is 18.1 Å². The van der Waals surface area contributed by atoms with Gasteiger partial charge in [-0.15, -0.1) is 0 Å². The molecule has 0 aromatic heterocycles. The second-order valence-corrected chi connectivity index (χ2v) is 2.20. The zero-order valence-electron chi connectivity index (χ0n) is 6.40. The molecular weight excluding hydrogens is 162 g/mol. The number of nitrogens with zero attached hydrogens (tertiary/aromatic N) is 1. The van der Waals surface area contributed by atoms with Gasteiger partial charge in [-0.05, 0) is 6.08 Å². The van der Waals surface area contributed by atoms with E-state index in [2.05, 4.69) is 4.99 Å². The highest BCUT2D eigenvalue weighted by Gasteiger charge is 2.19. The number of aliphatic carboxylic acids is 1. The Bertz CT molecular complexity index is 290. The Labute approximate surface area is 68.4 Å². The fourth-order valence-electron chi connectivity index (χ4n) is 0.765. The third-order valence-corrected chi connectivity index (χ3v) is 1.18. The summed E-state index contributed by atoms with van der Waals surface area (Å²) in [5, 5.41) is 8.43. The van der Waals surface area contributed by atoms with Crippen LogP contribution in [-0.4, -0.2) is 22.9 Å². The topological polar surface area (TPSA) is 76.0 Å². The first kappa shape index (κ1) is 8.45.